The second-order valence-electron chi connectivity index (χ2n) is 4.33. The van der Waals surface area contributed by atoms with Gasteiger partial charge in [0.2, 0.25) is 10.0 Å². The minimum atomic E-state index is -3.91. The van der Waals surface area contributed by atoms with E-state index in [1.807, 2.05) is 0 Å². The van der Waals surface area contributed by atoms with Crippen LogP contribution < -0.4 is 4.72 Å². The van der Waals surface area contributed by atoms with Gasteiger partial charge in [-0.2, -0.15) is 0 Å². The summed E-state index contributed by atoms with van der Waals surface area (Å²) in [5.41, 5.74) is 0. The van der Waals surface area contributed by atoms with Gasteiger partial charge in [-0.1, -0.05) is 15.9 Å². The summed E-state index contributed by atoms with van der Waals surface area (Å²) in [7, 11) is -3.91. The molecule has 2 N–H and O–H groups in total. The van der Waals surface area contributed by atoms with Crippen molar-refractivity contribution in [1.29, 1.82) is 0 Å². The number of aliphatic hydroxyl groups excluding tert-OH is 1. The minimum absolute atomic E-state index is 0.0808. The predicted octanol–water partition coefficient (Wildman–Crippen LogP) is 1.64. The maximum atomic E-state index is 13.5. The molecule has 4 nitrogen and oxygen atoms in total. The highest BCUT2D eigenvalue weighted by Crippen LogP contribution is 2.32. The Morgan fingerprint density at radius 3 is 2.72 bits per heavy atom. The lowest BCUT2D eigenvalue weighted by Gasteiger charge is -2.11. The summed E-state index contributed by atoms with van der Waals surface area (Å²) in [6.07, 6.45) is 1.13. The van der Waals surface area contributed by atoms with Crippen LogP contribution in [0.15, 0.2) is 27.6 Å². The van der Waals surface area contributed by atoms with E-state index in [4.69, 9.17) is 0 Å². The maximum Gasteiger partial charge on any atom is 0.243 e. The first-order valence-corrected chi connectivity index (χ1v) is 7.80. The largest absolute Gasteiger partial charge is 0.391 e. The fourth-order valence-electron chi connectivity index (χ4n) is 1.61. The third-order valence-electron chi connectivity index (χ3n) is 2.83. The average molecular weight is 338 g/mol. The Kier molecular flexibility index (Phi) is 4.05. The van der Waals surface area contributed by atoms with Crippen molar-refractivity contribution in [2.24, 2.45) is 5.92 Å². The summed E-state index contributed by atoms with van der Waals surface area (Å²) in [6, 6.07) is 3.73. The first kappa shape index (κ1) is 13.9. The van der Waals surface area contributed by atoms with Crippen LogP contribution in [-0.4, -0.2) is 26.2 Å². The zero-order chi connectivity index (χ0) is 13.3. The first-order chi connectivity index (χ1) is 8.40. The van der Waals surface area contributed by atoms with Gasteiger partial charge in [0.15, 0.2) is 0 Å². The number of halogens is 2. The van der Waals surface area contributed by atoms with Gasteiger partial charge in [0.1, 0.15) is 10.7 Å². The van der Waals surface area contributed by atoms with E-state index in [-0.39, 0.29) is 12.5 Å². The summed E-state index contributed by atoms with van der Waals surface area (Å²) < 4.78 is 39.9. The summed E-state index contributed by atoms with van der Waals surface area (Å²) >= 11 is 3.06. The van der Waals surface area contributed by atoms with Crippen LogP contribution in [0.3, 0.4) is 0 Å². The van der Waals surface area contributed by atoms with Crippen LogP contribution in [-0.2, 0) is 10.0 Å². The van der Waals surface area contributed by atoms with Crippen molar-refractivity contribution in [2.75, 3.05) is 6.54 Å². The molecule has 1 fully saturated rings. The summed E-state index contributed by atoms with van der Waals surface area (Å²) in [5, 5.41) is 9.58. The highest BCUT2D eigenvalue weighted by molar-refractivity contribution is 9.10. The number of rotatable bonds is 5. The highest BCUT2D eigenvalue weighted by Gasteiger charge is 2.31. The van der Waals surface area contributed by atoms with Crippen molar-refractivity contribution in [1.82, 2.24) is 4.72 Å². The molecule has 18 heavy (non-hydrogen) atoms. The molecule has 1 atom stereocenters. The van der Waals surface area contributed by atoms with E-state index < -0.39 is 26.8 Å². The van der Waals surface area contributed by atoms with Crippen LogP contribution >= 0.6 is 15.9 Å². The molecular weight excluding hydrogens is 325 g/mol. The van der Waals surface area contributed by atoms with E-state index in [0.29, 0.717) is 4.47 Å². The van der Waals surface area contributed by atoms with Gasteiger partial charge >= 0.3 is 0 Å². The van der Waals surface area contributed by atoms with E-state index in [1.54, 1.807) is 0 Å². The van der Waals surface area contributed by atoms with Gasteiger partial charge in [0, 0.05) is 11.0 Å². The normalized spacial score (nSPS) is 17.7. The van der Waals surface area contributed by atoms with E-state index in [0.717, 1.165) is 18.9 Å². The molecule has 2 rings (SSSR count). The Balaban J connectivity index is 2.09. The number of sulfonamides is 1. The number of nitrogens with one attached hydrogen (secondary N) is 1. The molecule has 1 unspecified atom stereocenters. The Bertz CT molecular complexity index is 545. The summed E-state index contributed by atoms with van der Waals surface area (Å²) in [4.78, 5) is -0.409. The Morgan fingerprint density at radius 2 is 2.17 bits per heavy atom. The monoisotopic (exact) mass is 337 g/mol. The van der Waals surface area contributed by atoms with Crippen LogP contribution in [0, 0.1) is 11.7 Å². The molecule has 0 aromatic heterocycles. The molecule has 0 radical (unpaired) electrons. The standard InChI is InChI=1S/C11H13BrFNO3S/c12-8-3-4-11(9(13)5-8)18(16,17)14-6-10(15)7-1-2-7/h3-5,7,10,14-15H,1-2,6H2. The molecule has 0 aliphatic heterocycles. The van der Waals surface area contributed by atoms with Crippen LogP contribution in [0.25, 0.3) is 0 Å². The van der Waals surface area contributed by atoms with Crippen LogP contribution in [0.1, 0.15) is 12.8 Å². The fraction of sp³-hybridized carbons (Fsp3) is 0.455. The third kappa shape index (κ3) is 3.28. The average Bonchev–Trinajstić information content (AvgIpc) is 3.09. The number of benzene rings is 1. The van der Waals surface area contributed by atoms with Crippen molar-refractivity contribution < 1.29 is 17.9 Å². The van der Waals surface area contributed by atoms with Gasteiger partial charge in [-0.3, -0.25) is 0 Å². The first-order valence-electron chi connectivity index (χ1n) is 5.53. The maximum absolute atomic E-state index is 13.5. The van der Waals surface area contributed by atoms with Crippen molar-refractivity contribution in [3.63, 3.8) is 0 Å². The second kappa shape index (κ2) is 5.24. The number of hydrogen-bond acceptors (Lipinski definition) is 3. The van der Waals surface area contributed by atoms with Crippen LogP contribution in [0.4, 0.5) is 4.39 Å². The molecule has 1 aliphatic carbocycles. The van der Waals surface area contributed by atoms with Gasteiger partial charge in [0.05, 0.1) is 6.10 Å². The molecule has 1 saturated carbocycles. The molecule has 7 heteroatoms. The van der Waals surface area contributed by atoms with Gasteiger partial charge in [0.25, 0.3) is 0 Å². The van der Waals surface area contributed by atoms with E-state index in [1.165, 1.54) is 12.1 Å². The van der Waals surface area contributed by atoms with Gasteiger partial charge in [-0.15, -0.1) is 0 Å². The lowest BCUT2D eigenvalue weighted by atomic mass is 10.2. The molecule has 0 bridgehead atoms. The number of aliphatic hydroxyl groups is 1. The highest BCUT2D eigenvalue weighted by atomic mass is 79.9. The van der Waals surface area contributed by atoms with Crippen LogP contribution in [0.2, 0.25) is 0 Å². The Morgan fingerprint density at radius 1 is 1.50 bits per heavy atom. The Labute approximate surface area is 113 Å². The topological polar surface area (TPSA) is 66.4 Å². The molecule has 0 amide bonds. The van der Waals surface area contributed by atoms with Crippen LogP contribution in [0.5, 0.6) is 0 Å². The lowest BCUT2D eigenvalue weighted by Crippen LogP contribution is -2.33. The molecule has 0 heterocycles. The van der Waals surface area contributed by atoms with Crippen molar-refractivity contribution in [3.8, 4) is 0 Å². The van der Waals surface area contributed by atoms with Crippen molar-refractivity contribution in [3.05, 3.63) is 28.5 Å². The van der Waals surface area contributed by atoms with E-state index in [9.17, 15) is 17.9 Å². The molecular formula is C11H13BrFNO3S. The van der Waals surface area contributed by atoms with Gasteiger partial charge < -0.3 is 5.11 Å². The van der Waals surface area contributed by atoms with E-state index in [2.05, 4.69) is 20.7 Å². The van der Waals surface area contributed by atoms with Crippen molar-refractivity contribution >= 4 is 26.0 Å². The van der Waals surface area contributed by atoms with E-state index >= 15 is 0 Å². The van der Waals surface area contributed by atoms with Crippen molar-refractivity contribution in [2.45, 2.75) is 23.8 Å². The third-order valence-corrected chi connectivity index (χ3v) is 4.78. The SMILES string of the molecule is O=S(=O)(NCC(O)C1CC1)c1ccc(Br)cc1F. The van der Waals surface area contributed by atoms with Gasteiger partial charge in [-0.05, 0) is 37.0 Å². The fourth-order valence-corrected chi connectivity index (χ4v) is 3.06. The summed E-state index contributed by atoms with van der Waals surface area (Å²) in [6.45, 7) is -0.0808. The quantitative estimate of drug-likeness (QED) is 0.858. The molecule has 1 aromatic rings. The summed E-state index contributed by atoms with van der Waals surface area (Å²) in [5.74, 6) is -0.653. The molecule has 1 aromatic carbocycles. The predicted molar refractivity (Wildman–Crippen MR) is 68.0 cm³/mol. The smallest absolute Gasteiger partial charge is 0.243 e. The molecule has 1 aliphatic rings. The Hall–Kier alpha value is -0.500. The minimum Gasteiger partial charge on any atom is -0.391 e. The molecule has 0 spiro atoms. The van der Waals surface area contributed by atoms with Gasteiger partial charge in [-0.25, -0.2) is 17.5 Å². The zero-order valence-electron chi connectivity index (χ0n) is 9.44. The lowest BCUT2D eigenvalue weighted by molar-refractivity contribution is 0.155. The zero-order valence-corrected chi connectivity index (χ0v) is 11.8. The number of hydrogen-bond donors (Lipinski definition) is 2. The molecule has 100 valence electrons. The molecule has 0 saturated heterocycles. The second-order valence-corrected chi connectivity index (χ2v) is 6.98.